The van der Waals surface area contributed by atoms with Crippen LogP contribution in [0.15, 0.2) is 30.3 Å². The van der Waals surface area contributed by atoms with Crippen molar-refractivity contribution in [2.24, 2.45) is 5.92 Å². The maximum absolute atomic E-state index is 5.66. The Bertz CT molecular complexity index is 341. The van der Waals surface area contributed by atoms with Crippen molar-refractivity contribution in [3.63, 3.8) is 0 Å². The summed E-state index contributed by atoms with van der Waals surface area (Å²) in [5.74, 6) is 0.484. The van der Waals surface area contributed by atoms with Crippen molar-refractivity contribution in [3.8, 4) is 0 Å². The molecular weight excluding hydrogens is 190 g/mol. The first-order valence-corrected chi connectivity index (χ1v) is 5.42. The normalized spacial score (nSPS) is 35.7. The molecule has 1 aromatic carbocycles. The molecule has 80 valence electrons. The van der Waals surface area contributed by atoms with Crippen molar-refractivity contribution >= 4 is 0 Å². The van der Waals surface area contributed by atoms with Gasteiger partial charge in [-0.3, -0.25) is 4.84 Å². The molecule has 3 atom stereocenters. The van der Waals surface area contributed by atoms with Crippen molar-refractivity contribution in [2.45, 2.75) is 18.8 Å². The predicted molar refractivity (Wildman–Crippen MR) is 55.9 cm³/mol. The summed E-state index contributed by atoms with van der Waals surface area (Å²) in [6, 6.07) is 10.9. The summed E-state index contributed by atoms with van der Waals surface area (Å²) in [6.45, 7) is 0.826. The van der Waals surface area contributed by atoms with E-state index in [1.807, 2.05) is 18.2 Å². The summed E-state index contributed by atoms with van der Waals surface area (Å²) in [5, 5.41) is 1.93. The van der Waals surface area contributed by atoms with Gasteiger partial charge in [-0.1, -0.05) is 30.3 Å². The smallest absolute Gasteiger partial charge is 0.182 e. The third-order valence-electron chi connectivity index (χ3n) is 3.29. The fourth-order valence-corrected chi connectivity index (χ4v) is 2.60. The van der Waals surface area contributed by atoms with Gasteiger partial charge in [-0.15, -0.1) is 0 Å². The topological polar surface area (TPSA) is 21.7 Å². The van der Waals surface area contributed by atoms with E-state index in [9.17, 15) is 0 Å². The maximum atomic E-state index is 5.66. The Kier molecular flexibility index (Phi) is 2.24. The summed E-state index contributed by atoms with van der Waals surface area (Å²) in [6.07, 6.45) is 1.06. The summed E-state index contributed by atoms with van der Waals surface area (Å²) in [7, 11) is 1.99. The fourth-order valence-electron chi connectivity index (χ4n) is 2.60. The molecule has 0 saturated carbocycles. The first-order valence-electron chi connectivity index (χ1n) is 5.42. The summed E-state index contributed by atoms with van der Waals surface area (Å²) in [5.41, 5.74) is 1.32. The van der Waals surface area contributed by atoms with Gasteiger partial charge >= 0.3 is 0 Å². The molecule has 3 rings (SSSR count). The Morgan fingerprint density at radius 3 is 2.87 bits per heavy atom. The minimum Gasteiger partial charge on any atom is -0.350 e. The van der Waals surface area contributed by atoms with Gasteiger partial charge < -0.3 is 4.74 Å². The maximum Gasteiger partial charge on any atom is 0.182 e. The molecule has 0 aromatic heterocycles. The van der Waals surface area contributed by atoms with Crippen LogP contribution in [-0.4, -0.2) is 25.0 Å². The van der Waals surface area contributed by atoms with Gasteiger partial charge in [-0.05, 0) is 12.0 Å². The van der Waals surface area contributed by atoms with Crippen molar-refractivity contribution in [2.75, 3.05) is 13.7 Å². The number of hydrogen-bond donors (Lipinski definition) is 0. The van der Waals surface area contributed by atoms with Crippen LogP contribution >= 0.6 is 0 Å². The molecule has 0 bridgehead atoms. The Morgan fingerprint density at radius 1 is 1.27 bits per heavy atom. The lowest BCUT2D eigenvalue weighted by Gasteiger charge is -2.21. The van der Waals surface area contributed by atoms with E-state index in [0.29, 0.717) is 12.0 Å². The van der Waals surface area contributed by atoms with Crippen LogP contribution in [0, 0.1) is 5.92 Å². The Hall–Kier alpha value is -0.900. The minimum atomic E-state index is -0.0276. The lowest BCUT2D eigenvalue weighted by molar-refractivity contribution is -0.221. The van der Waals surface area contributed by atoms with Gasteiger partial charge in [0.1, 0.15) is 0 Å². The summed E-state index contributed by atoms with van der Waals surface area (Å²) in [4.78, 5) is 5.66. The molecule has 0 amide bonds. The highest BCUT2D eigenvalue weighted by Gasteiger charge is 2.45. The number of fused-ring (bicyclic) bond motifs is 1. The molecule has 2 fully saturated rings. The van der Waals surface area contributed by atoms with Crippen molar-refractivity contribution in [1.29, 1.82) is 0 Å². The van der Waals surface area contributed by atoms with E-state index in [1.54, 1.807) is 0 Å². The van der Waals surface area contributed by atoms with Crippen LogP contribution in [0.5, 0.6) is 0 Å². The standard InChI is InChI=1S/C12H15NO2/c1-13-11(9-5-3-2-4-6-9)10-7-8-14-12(10)15-13/h2-6,10-12H,7-8H2,1H3/t10-,11-,12+/m0/s1. The minimum absolute atomic E-state index is 0.0276. The predicted octanol–water partition coefficient (Wildman–Crippen LogP) is 1.97. The van der Waals surface area contributed by atoms with E-state index in [1.165, 1.54) is 5.56 Å². The molecule has 2 aliphatic heterocycles. The van der Waals surface area contributed by atoms with Gasteiger partial charge in [0.15, 0.2) is 6.29 Å². The van der Waals surface area contributed by atoms with Crippen LogP contribution in [0.2, 0.25) is 0 Å². The molecule has 3 nitrogen and oxygen atoms in total. The SMILES string of the molecule is CN1O[C@H]2OCC[C@H]2[C@@H]1c1ccccc1. The third kappa shape index (κ3) is 1.47. The average molecular weight is 205 g/mol. The van der Waals surface area contributed by atoms with E-state index in [2.05, 4.69) is 24.3 Å². The van der Waals surface area contributed by atoms with Gasteiger partial charge in [0.25, 0.3) is 0 Å². The molecular formula is C12H15NO2. The van der Waals surface area contributed by atoms with Crippen LogP contribution in [0.1, 0.15) is 18.0 Å². The van der Waals surface area contributed by atoms with Crippen molar-refractivity contribution in [1.82, 2.24) is 5.06 Å². The van der Waals surface area contributed by atoms with Crippen molar-refractivity contribution < 1.29 is 9.57 Å². The molecule has 2 heterocycles. The number of hydrogen-bond acceptors (Lipinski definition) is 3. The number of ether oxygens (including phenoxy) is 1. The summed E-state index contributed by atoms with van der Waals surface area (Å²) >= 11 is 0. The van der Waals surface area contributed by atoms with Gasteiger partial charge in [-0.2, -0.15) is 5.06 Å². The van der Waals surface area contributed by atoms with Gasteiger partial charge in [0.05, 0.1) is 12.6 Å². The van der Waals surface area contributed by atoms with Crippen LogP contribution in [0.3, 0.4) is 0 Å². The highest BCUT2D eigenvalue weighted by molar-refractivity contribution is 5.20. The molecule has 0 spiro atoms. The van der Waals surface area contributed by atoms with E-state index in [0.717, 1.165) is 13.0 Å². The number of rotatable bonds is 1. The molecule has 15 heavy (non-hydrogen) atoms. The molecule has 0 radical (unpaired) electrons. The number of hydroxylamine groups is 2. The molecule has 0 aliphatic carbocycles. The largest absolute Gasteiger partial charge is 0.350 e. The molecule has 3 heteroatoms. The third-order valence-corrected chi connectivity index (χ3v) is 3.29. The first-order chi connectivity index (χ1) is 7.36. The molecule has 1 aromatic rings. The second-order valence-corrected chi connectivity index (χ2v) is 4.20. The second kappa shape index (κ2) is 3.59. The molecule has 2 aliphatic rings. The zero-order valence-corrected chi connectivity index (χ0v) is 8.80. The average Bonchev–Trinajstić information content (AvgIpc) is 2.78. The Labute approximate surface area is 89.6 Å². The number of benzene rings is 1. The van der Waals surface area contributed by atoms with Crippen molar-refractivity contribution in [3.05, 3.63) is 35.9 Å². The molecule has 0 unspecified atom stereocenters. The second-order valence-electron chi connectivity index (χ2n) is 4.20. The fraction of sp³-hybridized carbons (Fsp3) is 0.500. The van der Waals surface area contributed by atoms with E-state index in [4.69, 9.17) is 9.57 Å². The zero-order valence-electron chi connectivity index (χ0n) is 8.80. The van der Waals surface area contributed by atoms with Gasteiger partial charge in [0.2, 0.25) is 0 Å². The zero-order chi connectivity index (χ0) is 10.3. The van der Waals surface area contributed by atoms with Gasteiger partial charge in [0, 0.05) is 13.0 Å². The van der Waals surface area contributed by atoms with E-state index < -0.39 is 0 Å². The van der Waals surface area contributed by atoms with E-state index in [-0.39, 0.29) is 6.29 Å². The summed E-state index contributed by atoms with van der Waals surface area (Å²) < 4.78 is 5.54. The Balaban J connectivity index is 1.91. The molecule has 2 saturated heterocycles. The van der Waals surface area contributed by atoms with Crippen LogP contribution in [0.25, 0.3) is 0 Å². The molecule has 0 N–H and O–H groups in total. The Morgan fingerprint density at radius 2 is 2.07 bits per heavy atom. The van der Waals surface area contributed by atoms with Crippen LogP contribution in [0.4, 0.5) is 0 Å². The van der Waals surface area contributed by atoms with Gasteiger partial charge in [-0.25, -0.2) is 0 Å². The van der Waals surface area contributed by atoms with E-state index >= 15 is 0 Å². The first kappa shape index (κ1) is 9.33. The monoisotopic (exact) mass is 205 g/mol. The lowest BCUT2D eigenvalue weighted by atomic mass is 9.92. The highest BCUT2D eigenvalue weighted by Crippen LogP contribution is 2.43. The number of nitrogens with zero attached hydrogens (tertiary/aromatic N) is 1. The lowest BCUT2D eigenvalue weighted by Crippen LogP contribution is -2.20. The quantitative estimate of drug-likeness (QED) is 0.699. The van der Waals surface area contributed by atoms with Crippen LogP contribution in [-0.2, 0) is 9.57 Å². The highest BCUT2D eigenvalue weighted by atomic mass is 16.8. The van der Waals surface area contributed by atoms with Crippen LogP contribution < -0.4 is 0 Å².